The average Bonchev–Trinajstić information content (AvgIpc) is 3.08. The van der Waals surface area contributed by atoms with E-state index < -0.39 is 17.1 Å². The van der Waals surface area contributed by atoms with Gasteiger partial charge in [-0.05, 0) is 37.1 Å². The lowest BCUT2D eigenvalue weighted by Crippen LogP contribution is -2.45. The number of carbonyl (C=O) groups is 1. The van der Waals surface area contributed by atoms with Crippen LogP contribution < -0.4 is 10.9 Å². The molecule has 0 spiro atoms. The van der Waals surface area contributed by atoms with Gasteiger partial charge < -0.3 is 19.8 Å². The third-order valence-corrected chi connectivity index (χ3v) is 4.30. The monoisotopic (exact) mass is 316 g/mol. The van der Waals surface area contributed by atoms with Gasteiger partial charge in [0.15, 0.2) is 0 Å². The third-order valence-electron chi connectivity index (χ3n) is 4.30. The Bertz CT molecular complexity index is 727. The van der Waals surface area contributed by atoms with Gasteiger partial charge in [-0.1, -0.05) is 19.3 Å². The van der Waals surface area contributed by atoms with E-state index in [4.69, 9.17) is 4.42 Å². The summed E-state index contributed by atoms with van der Waals surface area (Å²) in [6, 6.07) is 6.55. The first kappa shape index (κ1) is 15.6. The van der Waals surface area contributed by atoms with Gasteiger partial charge in [0.05, 0.1) is 17.6 Å². The highest BCUT2D eigenvalue weighted by atomic mass is 16.3. The Morgan fingerprint density at radius 1 is 1.26 bits per heavy atom. The first-order valence-corrected chi connectivity index (χ1v) is 7.85. The molecule has 0 aromatic carbocycles. The normalized spacial score (nSPS) is 16.9. The Labute approximate surface area is 133 Å². The predicted octanol–water partition coefficient (Wildman–Crippen LogP) is 2.06. The van der Waals surface area contributed by atoms with E-state index in [0.717, 1.165) is 19.3 Å². The second-order valence-electron chi connectivity index (χ2n) is 6.06. The summed E-state index contributed by atoms with van der Waals surface area (Å²) in [6.45, 7) is 0.172. The van der Waals surface area contributed by atoms with Gasteiger partial charge in [0, 0.05) is 6.54 Å². The third kappa shape index (κ3) is 3.53. The van der Waals surface area contributed by atoms with E-state index in [1.807, 2.05) is 0 Å². The Balaban J connectivity index is 1.69. The van der Waals surface area contributed by atoms with Crippen molar-refractivity contribution in [3.63, 3.8) is 0 Å². The Hall–Kier alpha value is -2.34. The molecule has 2 heterocycles. The molecule has 2 aromatic rings. The zero-order valence-corrected chi connectivity index (χ0v) is 12.8. The van der Waals surface area contributed by atoms with Gasteiger partial charge in [-0.15, -0.1) is 0 Å². The second kappa shape index (κ2) is 6.42. The number of aromatic amines is 1. The molecular weight excluding hydrogens is 296 g/mol. The zero-order chi connectivity index (χ0) is 16.3. The van der Waals surface area contributed by atoms with Gasteiger partial charge in [-0.2, -0.15) is 0 Å². The van der Waals surface area contributed by atoms with Crippen molar-refractivity contribution in [3.05, 3.63) is 46.4 Å². The fraction of sp³-hybridized carbons (Fsp3) is 0.412. The van der Waals surface area contributed by atoms with Crippen LogP contribution in [-0.4, -0.2) is 28.1 Å². The van der Waals surface area contributed by atoms with Gasteiger partial charge in [0.25, 0.3) is 11.5 Å². The molecule has 23 heavy (non-hydrogen) atoms. The molecule has 1 aliphatic rings. The van der Waals surface area contributed by atoms with Crippen LogP contribution in [0.25, 0.3) is 11.5 Å². The van der Waals surface area contributed by atoms with Crippen molar-refractivity contribution in [2.24, 2.45) is 0 Å². The van der Waals surface area contributed by atoms with Crippen LogP contribution in [0.15, 0.2) is 39.7 Å². The molecule has 0 radical (unpaired) electrons. The topological polar surface area (TPSA) is 95.3 Å². The van der Waals surface area contributed by atoms with E-state index in [0.29, 0.717) is 24.3 Å². The molecule has 122 valence electrons. The molecular formula is C17H20N2O4. The van der Waals surface area contributed by atoms with Crippen LogP contribution in [0.3, 0.4) is 0 Å². The molecule has 0 atom stereocenters. The van der Waals surface area contributed by atoms with Gasteiger partial charge in [-0.3, -0.25) is 9.59 Å². The molecule has 0 bridgehead atoms. The molecule has 0 saturated heterocycles. The van der Waals surface area contributed by atoms with Crippen molar-refractivity contribution >= 4 is 5.91 Å². The lowest BCUT2D eigenvalue weighted by Gasteiger charge is -2.32. The molecule has 1 saturated carbocycles. The first-order chi connectivity index (χ1) is 11.1. The SMILES string of the molecule is O=C(NCC1(O)CCCCC1)c1ccc(-c2ccco2)[nH]c1=O. The number of aliphatic hydroxyl groups is 1. The summed E-state index contributed by atoms with van der Waals surface area (Å²) in [5.41, 5.74) is -0.788. The van der Waals surface area contributed by atoms with E-state index >= 15 is 0 Å². The van der Waals surface area contributed by atoms with Crippen LogP contribution in [0.2, 0.25) is 0 Å². The standard InChI is InChI=1S/C17H20N2O4/c20-15(18-11-17(22)8-2-1-3-9-17)12-6-7-13(19-16(12)21)14-5-4-10-23-14/h4-7,10,22H,1-3,8-9,11H2,(H,18,20)(H,19,21). The maximum Gasteiger partial charge on any atom is 0.261 e. The average molecular weight is 316 g/mol. The summed E-state index contributed by atoms with van der Waals surface area (Å²) in [4.78, 5) is 26.9. The fourth-order valence-electron chi connectivity index (χ4n) is 2.95. The van der Waals surface area contributed by atoms with Crippen LogP contribution in [0.4, 0.5) is 0 Å². The largest absolute Gasteiger partial charge is 0.463 e. The highest BCUT2D eigenvalue weighted by Gasteiger charge is 2.29. The van der Waals surface area contributed by atoms with Gasteiger partial charge in [0.1, 0.15) is 11.3 Å². The fourth-order valence-corrected chi connectivity index (χ4v) is 2.95. The van der Waals surface area contributed by atoms with Crippen LogP contribution in [0, 0.1) is 0 Å². The summed E-state index contributed by atoms with van der Waals surface area (Å²) in [5.74, 6) is 0.0572. The minimum atomic E-state index is -0.852. The number of H-pyrrole nitrogens is 1. The van der Waals surface area contributed by atoms with Crippen LogP contribution in [0.1, 0.15) is 42.5 Å². The smallest absolute Gasteiger partial charge is 0.261 e. The maximum atomic E-state index is 12.2. The molecule has 1 amide bonds. The van der Waals surface area contributed by atoms with E-state index in [1.165, 1.54) is 12.3 Å². The number of hydrogen-bond donors (Lipinski definition) is 3. The lowest BCUT2D eigenvalue weighted by atomic mass is 9.85. The Morgan fingerprint density at radius 3 is 2.70 bits per heavy atom. The summed E-state index contributed by atoms with van der Waals surface area (Å²) in [5, 5.41) is 13.1. The first-order valence-electron chi connectivity index (χ1n) is 7.85. The lowest BCUT2D eigenvalue weighted by molar-refractivity contribution is 0.00524. The molecule has 1 fully saturated rings. The molecule has 3 N–H and O–H groups in total. The van der Waals surface area contributed by atoms with E-state index in [-0.39, 0.29) is 12.1 Å². The highest BCUT2D eigenvalue weighted by molar-refractivity contribution is 5.94. The molecule has 1 aliphatic carbocycles. The van der Waals surface area contributed by atoms with Crippen molar-refractivity contribution < 1.29 is 14.3 Å². The minimum Gasteiger partial charge on any atom is -0.463 e. The van der Waals surface area contributed by atoms with Gasteiger partial charge in [-0.25, -0.2) is 0 Å². The zero-order valence-electron chi connectivity index (χ0n) is 12.8. The number of hydrogen-bond acceptors (Lipinski definition) is 4. The maximum absolute atomic E-state index is 12.2. The van der Waals surface area contributed by atoms with Crippen molar-refractivity contribution in [2.75, 3.05) is 6.54 Å². The minimum absolute atomic E-state index is 0.0275. The van der Waals surface area contributed by atoms with E-state index in [2.05, 4.69) is 10.3 Å². The van der Waals surface area contributed by atoms with Gasteiger partial charge >= 0.3 is 0 Å². The molecule has 6 nitrogen and oxygen atoms in total. The molecule has 6 heteroatoms. The molecule has 0 aliphatic heterocycles. The van der Waals surface area contributed by atoms with E-state index in [9.17, 15) is 14.7 Å². The van der Waals surface area contributed by atoms with Crippen molar-refractivity contribution in [3.8, 4) is 11.5 Å². The number of rotatable bonds is 4. The number of carbonyl (C=O) groups excluding carboxylic acids is 1. The molecule has 3 rings (SSSR count). The number of furan rings is 1. The van der Waals surface area contributed by atoms with Crippen LogP contribution in [0.5, 0.6) is 0 Å². The highest BCUT2D eigenvalue weighted by Crippen LogP contribution is 2.27. The van der Waals surface area contributed by atoms with Crippen molar-refractivity contribution in [1.29, 1.82) is 0 Å². The Morgan fingerprint density at radius 2 is 2.04 bits per heavy atom. The number of amides is 1. The molecule has 2 aromatic heterocycles. The van der Waals surface area contributed by atoms with E-state index in [1.54, 1.807) is 18.2 Å². The number of pyridine rings is 1. The summed E-state index contributed by atoms with van der Waals surface area (Å²) in [6.07, 6.45) is 5.92. The summed E-state index contributed by atoms with van der Waals surface area (Å²) >= 11 is 0. The number of nitrogens with one attached hydrogen (secondary N) is 2. The number of aromatic nitrogens is 1. The van der Waals surface area contributed by atoms with Crippen molar-refractivity contribution in [2.45, 2.75) is 37.7 Å². The van der Waals surface area contributed by atoms with Gasteiger partial charge in [0.2, 0.25) is 0 Å². The van der Waals surface area contributed by atoms with Crippen LogP contribution in [-0.2, 0) is 0 Å². The summed E-state index contributed by atoms with van der Waals surface area (Å²) < 4.78 is 5.21. The Kier molecular flexibility index (Phi) is 4.34. The van der Waals surface area contributed by atoms with Crippen LogP contribution >= 0.6 is 0 Å². The quantitative estimate of drug-likeness (QED) is 0.804. The molecule has 0 unspecified atom stereocenters. The second-order valence-corrected chi connectivity index (χ2v) is 6.06. The van der Waals surface area contributed by atoms with Crippen molar-refractivity contribution in [1.82, 2.24) is 10.3 Å². The predicted molar refractivity (Wildman–Crippen MR) is 85.1 cm³/mol. The summed E-state index contributed by atoms with van der Waals surface area (Å²) in [7, 11) is 0.